The van der Waals surface area contributed by atoms with Crippen LogP contribution in [0, 0.1) is 0 Å². The summed E-state index contributed by atoms with van der Waals surface area (Å²) in [6.45, 7) is 0.724. The lowest BCUT2D eigenvalue weighted by atomic mass is 9.85. The second-order valence-corrected chi connectivity index (χ2v) is 8.46. The summed E-state index contributed by atoms with van der Waals surface area (Å²) in [7, 11) is 0. The van der Waals surface area contributed by atoms with Crippen molar-refractivity contribution in [1.29, 1.82) is 0 Å². The van der Waals surface area contributed by atoms with Crippen LogP contribution in [0.5, 0.6) is 11.5 Å². The molecule has 0 saturated carbocycles. The van der Waals surface area contributed by atoms with Gasteiger partial charge in [-0.05, 0) is 37.1 Å². The molecule has 2 aliphatic heterocycles. The molecule has 7 heteroatoms. The van der Waals surface area contributed by atoms with Gasteiger partial charge in [0, 0.05) is 48.0 Å². The molecule has 0 bridgehead atoms. The average molecular weight is 438 g/mol. The van der Waals surface area contributed by atoms with E-state index in [2.05, 4.69) is 27.3 Å². The number of ether oxygens (including phenoxy) is 1. The zero-order valence-electron chi connectivity index (χ0n) is 18.0. The Morgan fingerprint density at radius 3 is 2.42 bits per heavy atom. The zero-order chi connectivity index (χ0) is 22.2. The van der Waals surface area contributed by atoms with Crippen LogP contribution in [-0.4, -0.2) is 37.5 Å². The summed E-state index contributed by atoms with van der Waals surface area (Å²) in [5.41, 5.74) is 3.01. The Kier molecular flexibility index (Phi) is 4.87. The van der Waals surface area contributed by atoms with E-state index in [4.69, 9.17) is 9.72 Å². The quantitative estimate of drug-likeness (QED) is 0.493. The second-order valence-electron chi connectivity index (χ2n) is 8.46. The molecule has 1 fully saturated rings. The van der Waals surface area contributed by atoms with Crippen molar-refractivity contribution in [3.8, 4) is 22.9 Å². The van der Waals surface area contributed by atoms with Gasteiger partial charge in [0.15, 0.2) is 5.82 Å². The fourth-order valence-corrected chi connectivity index (χ4v) is 4.92. The molecule has 164 valence electrons. The van der Waals surface area contributed by atoms with Crippen LogP contribution in [-0.2, 0) is 4.79 Å². The van der Waals surface area contributed by atoms with Gasteiger partial charge >= 0.3 is 0 Å². The molecule has 2 aromatic carbocycles. The van der Waals surface area contributed by atoms with Crippen molar-refractivity contribution in [1.82, 2.24) is 25.1 Å². The highest BCUT2D eigenvalue weighted by atomic mass is 16.5. The molecule has 7 nitrogen and oxygen atoms in total. The third kappa shape index (κ3) is 3.55. The van der Waals surface area contributed by atoms with E-state index in [0.717, 1.165) is 53.4 Å². The number of fused-ring (bicyclic) bond motifs is 2. The summed E-state index contributed by atoms with van der Waals surface area (Å²) >= 11 is 0. The minimum atomic E-state index is -0.0917. The number of nitrogens with zero attached hydrogens (tertiary/aromatic N) is 4. The van der Waals surface area contributed by atoms with Gasteiger partial charge < -0.3 is 9.64 Å². The first kappa shape index (κ1) is 19.7. The minimum absolute atomic E-state index is 0.0398. The number of hydrogen-bond acceptors (Lipinski definition) is 5. The molecule has 6 rings (SSSR count). The number of carbonyl (C=O) groups excluding carboxylic acids is 1. The van der Waals surface area contributed by atoms with Gasteiger partial charge in [-0.3, -0.25) is 14.9 Å². The molecule has 4 aromatic rings. The summed E-state index contributed by atoms with van der Waals surface area (Å²) < 4.78 is 6.10. The zero-order valence-corrected chi connectivity index (χ0v) is 18.0. The number of hydrogen-bond donors (Lipinski definition) is 1. The van der Waals surface area contributed by atoms with Crippen molar-refractivity contribution in [2.24, 2.45) is 0 Å². The van der Waals surface area contributed by atoms with E-state index in [9.17, 15) is 4.79 Å². The van der Waals surface area contributed by atoms with Crippen LogP contribution in [0.3, 0.4) is 0 Å². The lowest BCUT2D eigenvalue weighted by molar-refractivity contribution is -0.132. The van der Waals surface area contributed by atoms with Crippen LogP contribution in [0.15, 0.2) is 73.1 Å². The number of benzene rings is 2. The van der Waals surface area contributed by atoms with Crippen LogP contribution in [0.25, 0.3) is 11.4 Å². The monoisotopic (exact) mass is 437 g/mol. The minimum Gasteiger partial charge on any atom is -0.457 e. The number of aromatic amines is 1. The van der Waals surface area contributed by atoms with Crippen molar-refractivity contribution in [3.05, 3.63) is 90.0 Å². The van der Waals surface area contributed by atoms with Gasteiger partial charge in [-0.2, -0.15) is 5.10 Å². The van der Waals surface area contributed by atoms with Gasteiger partial charge in [0.05, 0.1) is 6.04 Å². The number of H-pyrrole nitrogens is 1. The Hall–Kier alpha value is -4.00. The highest BCUT2D eigenvalue weighted by Crippen LogP contribution is 2.46. The van der Waals surface area contributed by atoms with E-state index in [-0.39, 0.29) is 17.9 Å². The number of rotatable bonds is 4. The first-order chi connectivity index (χ1) is 16.3. The molecule has 2 aliphatic rings. The number of likely N-dealkylation sites (tertiary alicyclic amines) is 1. The molecular formula is C26H23N5O2. The average Bonchev–Trinajstić information content (AvgIpc) is 3.54. The van der Waals surface area contributed by atoms with E-state index in [0.29, 0.717) is 12.2 Å². The summed E-state index contributed by atoms with van der Waals surface area (Å²) in [4.78, 5) is 24.3. The Bertz CT molecular complexity index is 1260. The highest BCUT2D eigenvalue weighted by molar-refractivity contribution is 5.79. The van der Waals surface area contributed by atoms with Gasteiger partial charge in [-0.25, -0.2) is 4.98 Å². The van der Waals surface area contributed by atoms with E-state index < -0.39 is 0 Å². The van der Waals surface area contributed by atoms with E-state index in [1.165, 1.54) is 0 Å². The standard InChI is InChI=1S/C26H23N5O2/c32-24(16-20-18-6-1-3-9-22(18)33-23-10-4-2-7-19(20)23)31-15-5-8-21(31)26-28-25(29-30-26)17-11-13-27-14-12-17/h1-4,6-7,9-14,20-21H,5,8,15-16H2,(H,28,29,30). The number of amides is 1. The summed E-state index contributed by atoms with van der Waals surface area (Å²) in [6, 6.07) is 19.7. The molecule has 33 heavy (non-hydrogen) atoms. The summed E-state index contributed by atoms with van der Waals surface area (Å²) in [5.74, 6) is 3.09. The van der Waals surface area contributed by atoms with Crippen molar-refractivity contribution in [2.45, 2.75) is 31.2 Å². The fraction of sp³-hybridized carbons (Fsp3) is 0.231. The van der Waals surface area contributed by atoms with Crippen LogP contribution in [0.2, 0.25) is 0 Å². The largest absolute Gasteiger partial charge is 0.457 e. The number of pyridine rings is 1. The first-order valence-corrected chi connectivity index (χ1v) is 11.3. The molecule has 0 radical (unpaired) electrons. The van der Waals surface area contributed by atoms with Crippen LogP contribution < -0.4 is 4.74 Å². The van der Waals surface area contributed by atoms with E-state index in [1.807, 2.05) is 53.4 Å². The maximum Gasteiger partial charge on any atom is 0.224 e. The lowest BCUT2D eigenvalue weighted by Gasteiger charge is -2.30. The van der Waals surface area contributed by atoms with Gasteiger partial charge in [0.2, 0.25) is 5.91 Å². The smallest absolute Gasteiger partial charge is 0.224 e. The Labute approximate surface area is 191 Å². The predicted molar refractivity (Wildman–Crippen MR) is 123 cm³/mol. The molecule has 0 spiro atoms. The molecule has 1 unspecified atom stereocenters. The van der Waals surface area contributed by atoms with Crippen LogP contribution in [0.1, 0.15) is 48.2 Å². The highest BCUT2D eigenvalue weighted by Gasteiger charge is 2.36. The molecule has 1 saturated heterocycles. The lowest BCUT2D eigenvalue weighted by Crippen LogP contribution is -2.32. The van der Waals surface area contributed by atoms with Gasteiger partial charge in [0.25, 0.3) is 0 Å². The van der Waals surface area contributed by atoms with Crippen molar-refractivity contribution in [3.63, 3.8) is 0 Å². The summed E-state index contributed by atoms with van der Waals surface area (Å²) in [5, 5.41) is 7.45. The number of aromatic nitrogens is 4. The van der Waals surface area contributed by atoms with Gasteiger partial charge in [0.1, 0.15) is 17.3 Å². The normalized spacial score (nSPS) is 17.3. The molecule has 4 heterocycles. The van der Waals surface area contributed by atoms with Gasteiger partial charge in [-0.15, -0.1) is 0 Å². The summed E-state index contributed by atoms with van der Waals surface area (Å²) in [6.07, 6.45) is 5.65. The number of nitrogens with one attached hydrogen (secondary N) is 1. The topological polar surface area (TPSA) is 84.0 Å². The van der Waals surface area contributed by atoms with Crippen molar-refractivity contribution in [2.75, 3.05) is 6.54 Å². The number of para-hydroxylation sites is 2. The van der Waals surface area contributed by atoms with E-state index >= 15 is 0 Å². The SMILES string of the molecule is O=C(CC1c2ccccc2Oc2ccccc21)N1CCCC1c1nc(-c2ccncc2)n[nH]1. The third-order valence-corrected chi connectivity index (χ3v) is 6.52. The van der Waals surface area contributed by atoms with Gasteiger partial charge in [-0.1, -0.05) is 36.4 Å². The fourth-order valence-electron chi connectivity index (χ4n) is 4.92. The Morgan fingerprint density at radius 2 is 1.70 bits per heavy atom. The molecular weight excluding hydrogens is 414 g/mol. The first-order valence-electron chi connectivity index (χ1n) is 11.3. The molecule has 1 amide bonds. The maximum atomic E-state index is 13.6. The Morgan fingerprint density at radius 1 is 1.00 bits per heavy atom. The second kappa shape index (κ2) is 8.16. The van der Waals surface area contributed by atoms with Crippen LogP contribution >= 0.6 is 0 Å². The third-order valence-electron chi connectivity index (χ3n) is 6.52. The van der Waals surface area contributed by atoms with E-state index in [1.54, 1.807) is 12.4 Å². The molecule has 2 aromatic heterocycles. The molecule has 0 aliphatic carbocycles. The number of carbonyl (C=O) groups is 1. The van der Waals surface area contributed by atoms with Crippen LogP contribution in [0.4, 0.5) is 0 Å². The van der Waals surface area contributed by atoms with Crippen molar-refractivity contribution >= 4 is 5.91 Å². The van der Waals surface area contributed by atoms with Crippen molar-refractivity contribution < 1.29 is 9.53 Å². The predicted octanol–water partition coefficient (Wildman–Crippen LogP) is 4.86. The molecule has 1 atom stereocenters. The maximum absolute atomic E-state index is 13.6. The molecule has 1 N–H and O–H groups in total. The Balaban J connectivity index is 1.27.